The van der Waals surface area contributed by atoms with E-state index in [-0.39, 0.29) is 0 Å². The first kappa shape index (κ1) is 13.3. The standard InChI is InChI=1S/C20H16NP/c1-3-7-17(8-4-1)22(18-9-5-2-6-10-18)19-11-12-20-16(15-19)13-14-21-20/h1-15,21H. The zero-order chi connectivity index (χ0) is 14.8. The van der Waals surface area contributed by atoms with Crippen molar-refractivity contribution in [3.8, 4) is 0 Å². The van der Waals surface area contributed by atoms with Crippen molar-refractivity contribution in [2.24, 2.45) is 0 Å². The van der Waals surface area contributed by atoms with Gasteiger partial charge in [-0.2, -0.15) is 0 Å². The summed E-state index contributed by atoms with van der Waals surface area (Å²) >= 11 is 0. The second kappa shape index (κ2) is 5.79. The van der Waals surface area contributed by atoms with Gasteiger partial charge in [0.2, 0.25) is 0 Å². The summed E-state index contributed by atoms with van der Waals surface area (Å²) in [5.41, 5.74) is 1.19. The van der Waals surface area contributed by atoms with Crippen molar-refractivity contribution in [1.29, 1.82) is 0 Å². The number of H-pyrrole nitrogens is 1. The minimum Gasteiger partial charge on any atom is -0.361 e. The van der Waals surface area contributed by atoms with E-state index in [1.165, 1.54) is 26.8 Å². The van der Waals surface area contributed by atoms with Crippen LogP contribution in [0.4, 0.5) is 0 Å². The molecule has 0 aliphatic heterocycles. The maximum Gasteiger partial charge on any atom is 0.0454 e. The average molecular weight is 301 g/mol. The number of aromatic nitrogens is 1. The number of hydrogen-bond donors (Lipinski definition) is 1. The molecule has 4 aromatic rings. The van der Waals surface area contributed by atoms with Crippen molar-refractivity contribution in [2.45, 2.75) is 0 Å². The van der Waals surface area contributed by atoms with Crippen LogP contribution in [0.3, 0.4) is 0 Å². The molecule has 0 atom stereocenters. The molecule has 1 heterocycles. The Balaban J connectivity index is 1.90. The Kier molecular flexibility index (Phi) is 3.50. The molecule has 1 N–H and O–H groups in total. The van der Waals surface area contributed by atoms with Gasteiger partial charge in [0.25, 0.3) is 0 Å². The molecule has 106 valence electrons. The molecule has 0 aliphatic rings. The van der Waals surface area contributed by atoms with E-state index in [4.69, 9.17) is 0 Å². The van der Waals surface area contributed by atoms with Crippen LogP contribution in [-0.2, 0) is 0 Å². The highest BCUT2D eigenvalue weighted by Gasteiger charge is 2.16. The lowest BCUT2D eigenvalue weighted by Gasteiger charge is -2.19. The van der Waals surface area contributed by atoms with Gasteiger partial charge in [0.15, 0.2) is 0 Å². The second-order valence-electron chi connectivity index (χ2n) is 5.26. The zero-order valence-electron chi connectivity index (χ0n) is 12.1. The molecule has 0 bridgehead atoms. The molecule has 0 saturated heterocycles. The molecule has 0 aliphatic carbocycles. The summed E-state index contributed by atoms with van der Waals surface area (Å²) in [7, 11) is -0.514. The fraction of sp³-hybridized carbons (Fsp3) is 0. The minimum absolute atomic E-state index is 0.514. The molecule has 3 aromatic carbocycles. The van der Waals surface area contributed by atoms with Crippen LogP contribution in [0.2, 0.25) is 0 Å². The minimum atomic E-state index is -0.514. The van der Waals surface area contributed by atoms with Gasteiger partial charge in [0, 0.05) is 17.1 Å². The Hall–Kier alpha value is -2.37. The quantitative estimate of drug-likeness (QED) is 0.552. The van der Waals surface area contributed by atoms with E-state index >= 15 is 0 Å². The van der Waals surface area contributed by atoms with Crippen LogP contribution < -0.4 is 15.9 Å². The average Bonchev–Trinajstić information content (AvgIpc) is 3.05. The molecule has 0 radical (unpaired) electrons. The Morgan fingerprint density at radius 1 is 0.591 bits per heavy atom. The van der Waals surface area contributed by atoms with Crippen LogP contribution in [0, 0.1) is 0 Å². The van der Waals surface area contributed by atoms with Crippen LogP contribution in [0.25, 0.3) is 10.9 Å². The number of rotatable bonds is 3. The molecule has 1 aromatic heterocycles. The highest BCUT2D eigenvalue weighted by molar-refractivity contribution is 7.79. The third-order valence-electron chi connectivity index (χ3n) is 3.82. The predicted octanol–water partition coefficient (Wildman–Crippen LogP) is 3.93. The van der Waals surface area contributed by atoms with E-state index in [0.717, 1.165) is 0 Å². The van der Waals surface area contributed by atoms with Gasteiger partial charge < -0.3 is 4.98 Å². The Bertz CT molecular complexity index is 842. The third-order valence-corrected chi connectivity index (χ3v) is 6.25. The number of aromatic amines is 1. The van der Waals surface area contributed by atoms with E-state index in [9.17, 15) is 0 Å². The summed E-state index contributed by atoms with van der Waals surface area (Å²) in [4.78, 5) is 3.27. The molecule has 0 amide bonds. The van der Waals surface area contributed by atoms with Gasteiger partial charge in [0.1, 0.15) is 0 Å². The molecule has 4 rings (SSSR count). The lowest BCUT2D eigenvalue weighted by Crippen LogP contribution is -2.20. The summed E-state index contributed by atoms with van der Waals surface area (Å²) in [6.07, 6.45) is 2.00. The van der Waals surface area contributed by atoms with Gasteiger partial charge in [0.05, 0.1) is 0 Å². The normalized spacial score (nSPS) is 11.1. The maximum atomic E-state index is 3.27. The summed E-state index contributed by atoms with van der Waals surface area (Å²) < 4.78 is 0. The van der Waals surface area contributed by atoms with Gasteiger partial charge in [-0.3, -0.25) is 0 Å². The summed E-state index contributed by atoms with van der Waals surface area (Å²) in [6, 6.07) is 30.5. The van der Waals surface area contributed by atoms with Crippen LogP contribution >= 0.6 is 7.92 Å². The summed E-state index contributed by atoms with van der Waals surface area (Å²) in [6.45, 7) is 0. The number of nitrogens with one attached hydrogen (secondary N) is 1. The molecule has 0 spiro atoms. The lowest BCUT2D eigenvalue weighted by atomic mass is 10.2. The van der Waals surface area contributed by atoms with Crippen molar-refractivity contribution >= 4 is 34.7 Å². The van der Waals surface area contributed by atoms with Crippen LogP contribution in [0.5, 0.6) is 0 Å². The van der Waals surface area contributed by atoms with Gasteiger partial charge in [-0.25, -0.2) is 0 Å². The predicted molar refractivity (Wildman–Crippen MR) is 97.0 cm³/mol. The van der Waals surface area contributed by atoms with Crippen molar-refractivity contribution in [1.82, 2.24) is 4.98 Å². The molecule has 0 fully saturated rings. The Labute approximate surface area is 131 Å². The topological polar surface area (TPSA) is 15.8 Å². The highest BCUT2D eigenvalue weighted by atomic mass is 31.1. The van der Waals surface area contributed by atoms with E-state index in [2.05, 4.69) is 89.9 Å². The van der Waals surface area contributed by atoms with Crippen molar-refractivity contribution < 1.29 is 0 Å². The first-order valence-electron chi connectivity index (χ1n) is 7.39. The second-order valence-corrected chi connectivity index (χ2v) is 7.48. The zero-order valence-corrected chi connectivity index (χ0v) is 13.0. The van der Waals surface area contributed by atoms with E-state index in [0.29, 0.717) is 0 Å². The number of benzene rings is 3. The third kappa shape index (κ3) is 2.45. The van der Waals surface area contributed by atoms with Crippen molar-refractivity contribution in [2.75, 3.05) is 0 Å². The van der Waals surface area contributed by atoms with Gasteiger partial charge in [-0.05, 0) is 42.0 Å². The molecular formula is C20H16NP. The molecule has 0 unspecified atom stereocenters. The fourth-order valence-corrected chi connectivity index (χ4v) is 5.11. The van der Waals surface area contributed by atoms with Gasteiger partial charge in [-0.15, -0.1) is 0 Å². The number of fused-ring (bicyclic) bond motifs is 1. The van der Waals surface area contributed by atoms with Crippen molar-refractivity contribution in [3.05, 3.63) is 91.1 Å². The van der Waals surface area contributed by atoms with Crippen molar-refractivity contribution in [3.63, 3.8) is 0 Å². The van der Waals surface area contributed by atoms with E-state index < -0.39 is 7.92 Å². The van der Waals surface area contributed by atoms with Crippen LogP contribution in [0.15, 0.2) is 91.1 Å². The van der Waals surface area contributed by atoms with Gasteiger partial charge >= 0.3 is 0 Å². The smallest absolute Gasteiger partial charge is 0.0454 e. The first-order valence-corrected chi connectivity index (χ1v) is 8.73. The lowest BCUT2D eigenvalue weighted by molar-refractivity contribution is 1.48. The Morgan fingerprint density at radius 3 is 1.86 bits per heavy atom. The Morgan fingerprint density at radius 2 is 1.23 bits per heavy atom. The fourth-order valence-electron chi connectivity index (χ4n) is 2.78. The van der Waals surface area contributed by atoms with Crippen LogP contribution in [-0.4, -0.2) is 4.98 Å². The first-order chi connectivity index (χ1) is 10.9. The summed E-state index contributed by atoms with van der Waals surface area (Å²) in [5.74, 6) is 0. The van der Waals surface area contributed by atoms with Crippen LogP contribution in [0.1, 0.15) is 0 Å². The molecular weight excluding hydrogens is 285 g/mol. The molecule has 0 saturated carbocycles. The molecule has 2 heteroatoms. The highest BCUT2D eigenvalue weighted by Crippen LogP contribution is 2.33. The van der Waals surface area contributed by atoms with E-state index in [1.54, 1.807) is 0 Å². The maximum absolute atomic E-state index is 3.27. The van der Waals surface area contributed by atoms with E-state index in [1.807, 2.05) is 6.20 Å². The summed E-state index contributed by atoms with van der Waals surface area (Å²) in [5, 5.41) is 5.44. The monoisotopic (exact) mass is 301 g/mol. The SMILES string of the molecule is c1ccc(P(c2ccccc2)c2ccc3[nH]ccc3c2)cc1. The molecule has 1 nitrogen and oxygen atoms in total. The largest absolute Gasteiger partial charge is 0.361 e. The molecule has 22 heavy (non-hydrogen) atoms. The van der Waals surface area contributed by atoms with Gasteiger partial charge in [-0.1, -0.05) is 66.7 Å². The number of hydrogen-bond acceptors (Lipinski definition) is 0.